The summed E-state index contributed by atoms with van der Waals surface area (Å²) in [5.74, 6) is 0.261. The highest BCUT2D eigenvalue weighted by atomic mass is 35.5. The largest absolute Gasteiger partial charge is 0.299 e. The molecule has 0 aromatic heterocycles. The quantitative estimate of drug-likeness (QED) is 0.739. The van der Waals surface area contributed by atoms with E-state index in [0.717, 1.165) is 24.8 Å². The average molecular weight is 250 g/mol. The molecule has 1 aromatic rings. The van der Waals surface area contributed by atoms with Crippen LogP contribution in [-0.2, 0) is 10.2 Å². The first-order valence-electron chi connectivity index (χ1n) is 5.92. The molecule has 0 aliphatic heterocycles. The number of carbonyl (C=O) groups excluding carboxylic acids is 1. The monoisotopic (exact) mass is 249 g/mol. The Morgan fingerprint density at radius 3 is 2.88 bits per heavy atom. The lowest BCUT2D eigenvalue weighted by molar-refractivity contribution is -0.123. The van der Waals surface area contributed by atoms with Crippen molar-refractivity contribution in [1.29, 1.82) is 0 Å². The molecule has 1 aliphatic rings. The van der Waals surface area contributed by atoms with Gasteiger partial charge >= 0.3 is 0 Å². The number of ketones is 1. The first-order chi connectivity index (χ1) is 8.19. The standard InChI is InChI=1S/C14H16ClNO/c1-16-10-14(8-3-2-7-13(14)17)11-5-4-6-12(15)9-11/h4-6,9-10H,2-3,7-8H2,1H3/t14-/m0/s1. The van der Waals surface area contributed by atoms with Gasteiger partial charge in [-0.25, -0.2) is 0 Å². The Morgan fingerprint density at radius 1 is 1.41 bits per heavy atom. The van der Waals surface area contributed by atoms with E-state index in [1.54, 1.807) is 13.3 Å². The van der Waals surface area contributed by atoms with Crippen molar-refractivity contribution >= 4 is 23.6 Å². The number of carbonyl (C=O) groups is 1. The van der Waals surface area contributed by atoms with Crippen LogP contribution in [0.4, 0.5) is 0 Å². The molecule has 1 atom stereocenters. The first kappa shape index (κ1) is 12.3. The second-order valence-corrected chi connectivity index (χ2v) is 4.94. The summed E-state index contributed by atoms with van der Waals surface area (Å²) < 4.78 is 0. The van der Waals surface area contributed by atoms with Crippen LogP contribution < -0.4 is 0 Å². The number of nitrogens with zero attached hydrogens (tertiary/aromatic N) is 1. The van der Waals surface area contributed by atoms with Crippen LogP contribution in [-0.4, -0.2) is 19.0 Å². The van der Waals surface area contributed by atoms with Gasteiger partial charge in [-0.15, -0.1) is 0 Å². The highest BCUT2D eigenvalue weighted by molar-refractivity contribution is 6.30. The Bertz CT molecular complexity index is 455. The molecular formula is C14H16ClNO. The molecule has 1 saturated carbocycles. The summed E-state index contributed by atoms with van der Waals surface area (Å²) in [6.07, 6.45) is 5.31. The lowest BCUT2D eigenvalue weighted by Crippen LogP contribution is -2.40. The number of hydrogen-bond donors (Lipinski definition) is 0. The highest BCUT2D eigenvalue weighted by Gasteiger charge is 2.39. The average Bonchev–Trinajstić information content (AvgIpc) is 2.32. The van der Waals surface area contributed by atoms with Gasteiger partial charge in [0, 0.05) is 24.7 Å². The van der Waals surface area contributed by atoms with E-state index in [-0.39, 0.29) is 5.78 Å². The number of aliphatic imine (C=N–C) groups is 1. The van der Waals surface area contributed by atoms with E-state index in [1.807, 2.05) is 24.3 Å². The van der Waals surface area contributed by atoms with Crippen LogP contribution in [0.2, 0.25) is 5.02 Å². The zero-order chi connectivity index (χ0) is 12.3. The highest BCUT2D eigenvalue weighted by Crippen LogP contribution is 2.36. The second-order valence-electron chi connectivity index (χ2n) is 4.50. The maximum Gasteiger partial charge on any atom is 0.148 e. The summed E-state index contributed by atoms with van der Waals surface area (Å²) in [7, 11) is 1.72. The van der Waals surface area contributed by atoms with Gasteiger partial charge in [-0.1, -0.05) is 30.2 Å². The molecule has 0 N–H and O–H groups in total. The van der Waals surface area contributed by atoms with Gasteiger partial charge in [-0.2, -0.15) is 0 Å². The molecule has 0 heterocycles. The smallest absolute Gasteiger partial charge is 0.148 e. The predicted octanol–water partition coefficient (Wildman–Crippen LogP) is 3.42. The Hall–Kier alpha value is -1.15. The minimum atomic E-state index is -0.544. The molecule has 0 bridgehead atoms. The fraction of sp³-hybridized carbons (Fsp3) is 0.429. The van der Waals surface area contributed by atoms with Gasteiger partial charge in [-0.3, -0.25) is 9.79 Å². The number of Topliss-reactive ketones (excluding diaryl/α,β-unsaturated/α-hetero) is 1. The Balaban J connectivity index is 2.50. The summed E-state index contributed by atoms with van der Waals surface area (Å²) in [5.41, 5.74) is 0.429. The summed E-state index contributed by atoms with van der Waals surface area (Å²) in [6.45, 7) is 0. The van der Waals surface area contributed by atoms with Crippen LogP contribution in [0.1, 0.15) is 31.2 Å². The Labute approximate surface area is 107 Å². The number of rotatable bonds is 2. The van der Waals surface area contributed by atoms with Crippen molar-refractivity contribution in [2.24, 2.45) is 4.99 Å². The second kappa shape index (κ2) is 5.01. The van der Waals surface area contributed by atoms with Gasteiger partial charge in [0.05, 0.1) is 5.41 Å². The van der Waals surface area contributed by atoms with Crippen molar-refractivity contribution < 1.29 is 4.79 Å². The van der Waals surface area contributed by atoms with Crippen molar-refractivity contribution in [2.45, 2.75) is 31.1 Å². The molecule has 1 aliphatic carbocycles. The molecule has 3 heteroatoms. The minimum Gasteiger partial charge on any atom is -0.299 e. The topological polar surface area (TPSA) is 29.4 Å². The molecule has 17 heavy (non-hydrogen) atoms. The molecule has 2 nitrogen and oxygen atoms in total. The fourth-order valence-corrected chi connectivity index (χ4v) is 2.74. The maximum atomic E-state index is 12.3. The molecule has 0 radical (unpaired) electrons. The Kier molecular flexibility index (Phi) is 3.63. The van der Waals surface area contributed by atoms with E-state index < -0.39 is 5.41 Å². The third kappa shape index (κ3) is 2.27. The molecular weight excluding hydrogens is 234 g/mol. The van der Waals surface area contributed by atoms with E-state index >= 15 is 0 Å². The molecule has 0 unspecified atom stereocenters. The van der Waals surface area contributed by atoms with Gasteiger partial charge < -0.3 is 0 Å². The van der Waals surface area contributed by atoms with Crippen LogP contribution in [0.3, 0.4) is 0 Å². The van der Waals surface area contributed by atoms with E-state index in [0.29, 0.717) is 11.4 Å². The summed E-state index contributed by atoms with van der Waals surface area (Å²) in [4.78, 5) is 16.4. The SMILES string of the molecule is CN=C[C@]1(c2cccc(Cl)c2)CCCCC1=O. The molecule has 0 saturated heterocycles. The Morgan fingerprint density at radius 2 is 2.24 bits per heavy atom. The van der Waals surface area contributed by atoms with Gasteiger partial charge in [0.2, 0.25) is 0 Å². The fourth-order valence-electron chi connectivity index (χ4n) is 2.55. The predicted molar refractivity (Wildman–Crippen MR) is 71.0 cm³/mol. The van der Waals surface area contributed by atoms with Crippen LogP contribution in [0.15, 0.2) is 29.3 Å². The van der Waals surface area contributed by atoms with Crippen molar-refractivity contribution in [2.75, 3.05) is 7.05 Å². The summed E-state index contributed by atoms with van der Waals surface area (Å²) in [5, 5.41) is 0.671. The normalized spacial score (nSPS) is 25.4. The van der Waals surface area contributed by atoms with E-state index in [9.17, 15) is 4.79 Å². The van der Waals surface area contributed by atoms with Crippen molar-refractivity contribution in [3.8, 4) is 0 Å². The van der Waals surface area contributed by atoms with E-state index in [4.69, 9.17) is 11.6 Å². The van der Waals surface area contributed by atoms with E-state index in [2.05, 4.69) is 4.99 Å². The number of benzene rings is 1. The molecule has 1 fully saturated rings. The molecule has 2 rings (SSSR count). The zero-order valence-corrected chi connectivity index (χ0v) is 10.7. The van der Waals surface area contributed by atoms with Crippen LogP contribution in [0.5, 0.6) is 0 Å². The number of hydrogen-bond acceptors (Lipinski definition) is 2. The molecule has 0 amide bonds. The van der Waals surface area contributed by atoms with Gasteiger partial charge in [0.25, 0.3) is 0 Å². The third-order valence-corrected chi connectivity index (χ3v) is 3.65. The van der Waals surface area contributed by atoms with Crippen molar-refractivity contribution in [1.82, 2.24) is 0 Å². The van der Waals surface area contributed by atoms with E-state index in [1.165, 1.54) is 0 Å². The van der Waals surface area contributed by atoms with Crippen LogP contribution in [0, 0.1) is 0 Å². The third-order valence-electron chi connectivity index (χ3n) is 3.41. The molecule has 90 valence electrons. The van der Waals surface area contributed by atoms with Crippen LogP contribution >= 0.6 is 11.6 Å². The maximum absolute atomic E-state index is 12.3. The minimum absolute atomic E-state index is 0.261. The number of halogens is 1. The van der Waals surface area contributed by atoms with Gasteiger partial charge in [-0.05, 0) is 30.5 Å². The lowest BCUT2D eigenvalue weighted by Gasteiger charge is -2.32. The lowest BCUT2D eigenvalue weighted by atomic mass is 9.69. The van der Waals surface area contributed by atoms with Crippen LogP contribution in [0.25, 0.3) is 0 Å². The molecule has 1 aromatic carbocycles. The molecule has 0 spiro atoms. The van der Waals surface area contributed by atoms with Gasteiger partial charge in [0.1, 0.15) is 5.78 Å². The first-order valence-corrected chi connectivity index (χ1v) is 6.29. The van der Waals surface area contributed by atoms with Crippen molar-refractivity contribution in [3.63, 3.8) is 0 Å². The van der Waals surface area contributed by atoms with Gasteiger partial charge in [0.15, 0.2) is 0 Å². The summed E-state index contributed by atoms with van der Waals surface area (Å²) in [6, 6.07) is 7.57. The zero-order valence-electron chi connectivity index (χ0n) is 9.95. The van der Waals surface area contributed by atoms with Crippen molar-refractivity contribution in [3.05, 3.63) is 34.9 Å². The summed E-state index contributed by atoms with van der Waals surface area (Å²) >= 11 is 6.02.